The van der Waals surface area contributed by atoms with Gasteiger partial charge in [-0.25, -0.2) is 5.43 Å². The third-order valence-corrected chi connectivity index (χ3v) is 3.27. The van der Waals surface area contributed by atoms with Crippen LogP contribution in [-0.2, 0) is 0 Å². The van der Waals surface area contributed by atoms with Crippen LogP contribution in [0.2, 0.25) is 5.02 Å². The van der Waals surface area contributed by atoms with Crippen LogP contribution in [0.4, 0.5) is 5.69 Å². The van der Waals surface area contributed by atoms with E-state index in [1.165, 1.54) is 18.5 Å². The van der Waals surface area contributed by atoms with Gasteiger partial charge < -0.3 is 5.11 Å². The summed E-state index contributed by atoms with van der Waals surface area (Å²) in [4.78, 5) is 25.7. The van der Waals surface area contributed by atoms with E-state index in [1.807, 2.05) is 0 Å². The maximum absolute atomic E-state index is 11.8. The van der Waals surface area contributed by atoms with Gasteiger partial charge in [-0.2, -0.15) is 5.10 Å². The molecule has 0 saturated heterocycles. The molecule has 1 aromatic heterocycles. The predicted molar refractivity (Wildman–Crippen MR) is 86.8 cm³/mol. The number of hydrogen-bond acceptors (Lipinski definition) is 6. The summed E-state index contributed by atoms with van der Waals surface area (Å²) < 4.78 is 0.622. The Balaban J connectivity index is 2.18. The number of nitro groups is 1. The van der Waals surface area contributed by atoms with Crippen LogP contribution in [0.25, 0.3) is 0 Å². The average molecular weight is 400 g/mol. The second kappa shape index (κ2) is 7.16. The number of rotatable bonds is 4. The quantitative estimate of drug-likeness (QED) is 0.465. The molecular weight excluding hydrogens is 392 g/mol. The Morgan fingerprint density at radius 3 is 2.83 bits per heavy atom. The highest BCUT2D eigenvalue weighted by Crippen LogP contribution is 2.32. The minimum atomic E-state index is -0.774. The molecule has 118 valence electrons. The Hall–Kier alpha value is -2.52. The molecule has 8 nitrogen and oxygen atoms in total. The van der Waals surface area contributed by atoms with Crippen molar-refractivity contribution in [3.8, 4) is 5.75 Å². The molecule has 0 saturated carbocycles. The number of carbonyl (C=O) groups is 1. The summed E-state index contributed by atoms with van der Waals surface area (Å²) in [7, 11) is 0. The summed E-state index contributed by atoms with van der Waals surface area (Å²) in [5.41, 5.74) is 1.92. The van der Waals surface area contributed by atoms with E-state index >= 15 is 0 Å². The van der Waals surface area contributed by atoms with Gasteiger partial charge in [0, 0.05) is 33.5 Å². The zero-order valence-corrected chi connectivity index (χ0v) is 13.6. The highest BCUT2D eigenvalue weighted by molar-refractivity contribution is 9.10. The number of halogens is 2. The normalized spacial score (nSPS) is 10.7. The minimum absolute atomic E-state index is 0.00290. The van der Waals surface area contributed by atoms with Crippen molar-refractivity contribution in [1.82, 2.24) is 10.4 Å². The lowest BCUT2D eigenvalue weighted by Crippen LogP contribution is -2.17. The molecule has 1 aromatic carbocycles. The molecule has 2 aromatic rings. The Morgan fingerprint density at radius 1 is 1.43 bits per heavy atom. The first-order chi connectivity index (χ1) is 10.9. The molecule has 2 N–H and O–H groups in total. The van der Waals surface area contributed by atoms with Gasteiger partial charge in [-0.1, -0.05) is 11.6 Å². The molecule has 0 spiro atoms. The number of phenolic OH excluding ortho intramolecular Hbond substituents is 1. The number of nitrogens with one attached hydrogen (secondary N) is 1. The Morgan fingerprint density at radius 2 is 2.17 bits per heavy atom. The zero-order chi connectivity index (χ0) is 17.0. The molecule has 1 amide bonds. The molecule has 10 heteroatoms. The molecule has 0 bridgehead atoms. The first kappa shape index (κ1) is 16.8. The summed E-state index contributed by atoms with van der Waals surface area (Å²) in [6.07, 6.45) is 3.91. The van der Waals surface area contributed by atoms with Gasteiger partial charge >= 0.3 is 5.69 Å². The van der Waals surface area contributed by atoms with Crippen LogP contribution in [0.5, 0.6) is 5.75 Å². The van der Waals surface area contributed by atoms with Gasteiger partial charge in [0.05, 0.1) is 16.7 Å². The lowest BCUT2D eigenvalue weighted by molar-refractivity contribution is -0.385. The second-order valence-electron chi connectivity index (χ2n) is 4.21. The number of phenols is 1. The van der Waals surface area contributed by atoms with Crippen molar-refractivity contribution >= 4 is 45.3 Å². The number of carbonyl (C=O) groups excluding carboxylic acids is 1. The van der Waals surface area contributed by atoms with Crippen molar-refractivity contribution in [2.24, 2.45) is 5.10 Å². The van der Waals surface area contributed by atoms with Gasteiger partial charge in [0.1, 0.15) is 0 Å². The van der Waals surface area contributed by atoms with Gasteiger partial charge in [-0.15, -0.1) is 0 Å². The van der Waals surface area contributed by atoms with E-state index < -0.39 is 22.3 Å². The molecule has 23 heavy (non-hydrogen) atoms. The topological polar surface area (TPSA) is 118 Å². The summed E-state index contributed by atoms with van der Waals surface area (Å²) in [6.45, 7) is 0. The fourth-order valence-corrected chi connectivity index (χ4v) is 2.19. The van der Waals surface area contributed by atoms with E-state index in [0.29, 0.717) is 4.47 Å². The van der Waals surface area contributed by atoms with E-state index in [1.54, 1.807) is 6.07 Å². The lowest BCUT2D eigenvalue weighted by atomic mass is 10.2. The Labute approximate surface area is 143 Å². The van der Waals surface area contributed by atoms with Crippen LogP contribution < -0.4 is 5.43 Å². The highest BCUT2D eigenvalue weighted by Gasteiger charge is 2.17. The molecule has 0 fully saturated rings. The van der Waals surface area contributed by atoms with Crippen molar-refractivity contribution in [2.45, 2.75) is 0 Å². The van der Waals surface area contributed by atoms with Crippen LogP contribution in [0.15, 0.2) is 40.2 Å². The fraction of sp³-hybridized carbons (Fsp3) is 0. The third-order valence-electron chi connectivity index (χ3n) is 2.62. The molecule has 1 heterocycles. The predicted octanol–water partition coefficient (Wildman–Crippen LogP) is 2.88. The van der Waals surface area contributed by atoms with Gasteiger partial charge in [0.25, 0.3) is 5.91 Å². The fourth-order valence-electron chi connectivity index (χ4n) is 1.60. The molecule has 0 aliphatic carbocycles. The van der Waals surface area contributed by atoms with Crippen molar-refractivity contribution in [2.75, 3.05) is 0 Å². The molecule has 0 atom stereocenters. The molecule has 0 aliphatic rings. The maximum Gasteiger partial charge on any atom is 0.312 e. The largest absolute Gasteiger partial charge is 0.502 e. The van der Waals surface area contributed by atoms with E-state index in [9.17, 15) is 20.0 Å². The number of nitro benzene ring substituents is 1. The maximum atomic E-state index is 11.8. The van der Waals surface area contributed by atoms with Crippen molar-refractivity contribution in [3.05, 3.63) is 61.3 Å². The van der Waals surface area contributed by atoms with E-state index in [2.05, 4.69) is 31.4 Å². The Bertz CT molecular complexity index is 813. The third kappa shape index (κ3) is 4.24. The van der Waals surface area contributed by atoms with Crippen LogP contribution in [0.3, 0.4) is 0 Å². The first-order valence-electron chi connectivity index (χ1n) is 5.99. The number of benzene rings is 1. The summed E-state index contributed by atoms with van der Waals surface area (Å²) >= 11 is 8.92. The van der Waals surface area contributed by atoms with Crippen molar-refractivity contribution in [1.29, 1.82) is 0 Å². The molecular formula is C13H8BrClN4O4. The highest BCUT2D eigenvalue weighted by atomic mass is 79.9. The van der Waals surface area contributed by atoms with Crippen LogP contribution in [0, 0.1) is 10.1 Å². The van der Waals surface area contributed by atoms with Crippen LogP contribution in [0.1, 0.15) is 15.9 Å². The van der Waals surface area contributed by atoms with E-state index in [-0.39, 0.29) is 16.1 Å². The first-order valence-corrected chi connectivity index (χ1v) is 7.16. The number of hydrogen-bond donors (Lipinski definition) is 2. The van der Waals surface area contributed by atoms with Gasteiger partial charge in [-0.3, -0.25) is 19.9 Å². The minimum Gasteiger partial charge on any atom is -0.502 e. The van der Waals surface area contributed by atoms with Gasteiger partial charge in [0.15, 0.2) is 0 Å². The van der Waals surface area contributed by atoms with Crippen molar-refractivity contribution < 1.29 is 14.8 Å². The number of hydrazone groups is 1. The summed E-state index contributed by atoms with van der Waals surface area (Å²) in [6, 6.07) is 3.83. The average Bonchev–Trinajstić information content (AvgIpc) is 2.49. The summed E-state index contributed by atoms with van der Waals surface area (Å²) in [5, 5.41) is 24.3. The number of pyridine rings is 1. The SMILES string of the molecule is O=C(N/N=C/c1cc(Cl)cc([N+](=O)[O-])c1O)c1cncc(Br)c1. The number of aromatic nitrogens is 1. The summed E-state index contributed by atoms with van der Waals surface area (Å²) in [5.74, 6) is -1.13. The van der Waals surface area contributed by atoms with Crippen LogP contribution >= 0.6 is 27.5 Å². The zero-order valence-electron chi connectivity index (χ0n) is 11.2. The molecule has 0 aliphatic heterocycles. The smallest absolute Gasteiger partial charge is 0.312 e. The second-order valence-corrected chi connectivity index (χ2v) is 5.56. The lowest BCUT2D eigenvalue weighted by Gasteiger charge is -2.02. The van der Waals surface area contributed by atoms with Gasteiger partial charge in [0.2, 0.25) is 5.75 Å². The molecule has 0 radical (unpaired) electrons. The van der Waals surface area contributed by atoms with Gasteiger partial charge in [-0.05, 0) is 28.1 Å². The van der Waals surface area contributed by atoms with Crippen molar-refractivity contribution in [3.63, 3.8) is 0 Å². The van der Waals surface area contributed by atoms with Crippen LogP contribution in [-0.4, -0.2) is 27.1 Å². The standard InChI is InChI=1S/C13H8BrClN4O4/c14-9-1-8(4-16-6-9)13(21)18-17-5-7-2-10(15)3-11(12(7)20)19(22)23/h1-6,20H,(H,18,21)/b17-5+. The number of amides is 1. The molecule has 2 rings (SSSR count). The Kier molecular flexibility index (Phi) is 5.24. The number of aromatic hydroxyl groups is 1. The van der Waals surface area contributed by atoms with E-state index in [4.69, 9.17) is 11.6 Å². The monoisotopic (exact) mass is 398 g/mol. The molecule has 0 unspecified atom stereocenters. The number of nitrogens with zero attached hydrogens (tertiary/aromatic N) is 3. The van der Waals surface area contributed by atoms with E-state index in [0.717, 1.165) is 12.3 Å².